The van der Waals surface area contributed by atoms with Gasteiger partial charge in [-0.25, -0.2) is 0 Å². The summed E-state index contributed by atoms with van der Waals surface area (Å²) in [6, 6.07) is 12.6. The van der Waals surface area contributed by atoms with Crippen LogP contribution in [-0.2, 0) is 0 Å². The molecule has 1 aromatic heterocycles. The van der Waals surface area contributed by atoms with Crippen molar-refractivity contribution in [2.75, 3.05) is 44.3 Å². The van der Waals surface area contributed by atoms with Crippen LogP contribution in [0.15, 0.2) is 36.4 Å². The highest BCUT2D eigenvalue weighted by Gasteiger charge is 2.20. The maximum atomic E-state index is 5.68. The van der Waals surface area contributed by atoms with Gasteiger partial charge in [0.05, 0.1) is 7.11 Å². The average molecular weight is 327 g/mol. The summed E-state index contributed by atoms with van der Waals surface area (Å²) in [5.74, 6) is 2.04. The maximum Gasteiger partial charge on any atom is 0.225 e. The molecular weight excluding hydrogens is 302 g/mol. The highest BCUT2D eigenvalue weighted by molar-refractivity contribution is 5.42. The van der Waals surface area contributed by atoms with Crippen LogP contribution in [0, 0.1) is 0 Å². The number of nitrogens with one attached hydrogen (secondary N) is 1. The molecule has 6 heteroatoms. The van der Waals surface area contributed by atoms with Crippen LogP contribution in [0.1, 0.15) is 24.3 Å². The number of nitrogens with zero attached hydrogens (tertiary/aromatic N) is 3. The number of nitrogens with two attached hydrogens (primary N) is 1. The van der Waals surface area contributed by atoms with Gasteiger partial charge in [0, 0.05) is 25.7 Å². The van der Waals surface area contributed by atoms with Crippen molar-refractivity contribution in [1.82, 2.24) is 14.9 Å². The summed E-state index contributed by atoms with van der Waals surface area (Å²) < 4.78 is 5.11. The second-order valence-electron chi connectivity index (χ2n) is 6.13. The fraction of sp³-hybridized carbons (Fsp3) is 0.444. The Bertz CT molecular complexity index is 649. The molecule has 0 saturated carbocycles. The number of nitrogen functional groups attached to an aromatic ring is 1. The lowest BCUT2D eigenvalue weighted by molar-refractivity contribution is 0.215. The van der Waals surface area contributed by atoms with Gasteiger partial charge in [-0.05, 0) is 30.9 Å². The largest absolute Gasteiger partial charge is 0.481 e. The summed E-state index contributed by atoms with van der Waals surface area (Å²) in [6.45, 7) is 4.07. The third-order valence-electron chi connectivity index (χ3n) is 4.44. The fourth-order valence-electron chi connectivity index (χ4n) is 3.24. The summed E-state index contributed by atoms with van der Waals surface area (Å²) in [5, 5.41) is 3.31. The topological polar surface area (TPSA) is 76.3 Å². The minimum absolute atomic E-state index is 0.221. The Balaban J connectivity index is 1.51. The summed E-state index contributed by atoms with van der Waals surface area (Å²) in [4.78, 5) is 10.7. The van der Waals surface area contributed by atoms with Gasteiger partial charge in [0.25, 0.3) is 0 Å². The van der Waals surface area contributed by atoms with Crippen LogP contribution < -0.4 is 15.8 Å². The van der Waals surface area contributed by atoms with E-state index in [2.05, 4.69) is 50.5 Å². The van der Waals surface area contributed by atoms with Gasteiger partial charge >= 0.3 is 0 Å². The molecule has 6 nitrogen and oxygen atoms in total. The van der Waals surface area contributed by atoms with Crippen LogP contribution in [0.3, 0.4) is 0 Å². The number of anilines is 2. The second kappa shape index (κ2) is 7.97. The summed E-state index contributed by atoms with van der Waals surface area (Å²) in [7, 11) is 1.57. The van der Waals surface area contributed by atoms with E-state index in [1.807, 2.05) is 0 Å². The lowest BCUT2D eigenvalue weighted by Crippen LogP contribution is -2.37. The molecular formula is C18H25N5O. The molecule has 1 aromatic carbocycles. The van der Waals surface area contributed by atoms with E-state index in [0.717, 1.165) is 26.2 Å². The molecule has 1 aliphatic heterocycles. The zero-order valence-electron chi connectivity index (χ0n) is 14.1. The first-order valence-electron chi connectivity index (χ1n) is 8.44. The van der Waals surface area contributed by atoms with Crippen LogP contribution in [0.4, 0.5) is 11.8 Å². The van der Waals surface area contributed by atoms with Gasteiger partial charge in [-0.2, -0.15) is 9.97 Å². The Morgan fingerprint density at radius 2 is 2.12 bits per heavy atom. The Morgan fingerprint density at radius 3 is 2.92 bits per heavy atom. The molecule has 3 N–H and O–H groups in total. The van der Waals surface area contributed by atoms with Gasteiger partial charge in [-0.3, -0.25) is 0 Å². The van der Waals surface area contributed by atoms with E-state index in [1.54, 1.807) is 13.2 Å². The molecule has 1 atom stereocenters. The number of hydrogen-bond acceptors (Lipinski definition) is 6. The number of benzene rings is 1. The number of hydrogen-bond donors (Lipinski definition) is 2. The molecule has 0 amide bonds. The lowest BCUT2D eigenvalue weighted by Gasteiger charge is -2.33. The van der Waals surface area contributed by atoms with Gasteiger partial charge in [-0.15, -0.1) is 0 Å². The first-order chi connectivity index (χ1) is 11.7. The normalized spacial score (nSPS) is 18.3. The van der Waals surface area contributed by atoms with Crippen LogP contribution in [0.2, 0.25) is 0 Å². The molecule has 1 unspecified atom stereocenters. The van der Waals surface area contributed by atoms with Gasteiger partial charge < -0.3 is 20.7 Å². The van der Waals surface area contributed by atoms with Gasteiger partial charge in [-0.1, -0.05) is 30.3 Å². The van der Waals surface area contributed by atoms with Crippen molar-refractivity contribution in [1.29, 1.82) is 0 Å². The number of piperidine rings is 1. The molecule has 3 rings (SSSR count). The van der Waals surface area contributed by atoms with Crippen molar-refractivity contribution < 1.29 is 4.74 Å². The molecule has 128 valence electrons. The number of ether oxygens (including phenoxy) is 1. The zero-order chi connectivity index (χ0) is 16.8. The molecule has 1 fully saturated rings. The van der Waals surface area contributed by atoms with E-state index in [4.69, 9.17) is 10.5 Å². The summed E-state index contributed by atoms with van der Waals surface area (Å²) >= 11 is 0. The lowest BCUT2D eigenvalue weighted by atomic mass is 9.91. The highest BCUT2D eigenvalue weighted by Crippen LogP contribution is 2.26. The Morgan fingerprint density at radius 1 is 1.29 bits per heavy atom. The molecule has 24 heavy (non-hydrogen) atoms. The fourth-order valence-corrected chi connectivity index (χ4v) is 3.24. The Hall–Kier alpha value is -2.34. The molecule has 1 saturated heterocycles. The van der Waals surface area contributed by atoms with Crippen molar-refractivity contribution in [3.05, 3.63) is 42.0 Å². The van der Waals surface area contributed by atoms with E-state index in [9.17, 15) is 0 Å². The monoisotopic (exact) mass is 327 g/mol. The smallest absolute Gasteiger partial charge is 0.225 e. The SMILES string of the molecule is COc1cc(NCCN2CCCC(c3ccccc3)C2)nc(N)n1. The quantitative estimate of drug-likeness (QED) is 0.848. The van der Waals surface area contributed by atoms with Gasteiger partial charge in [0.15, 0.2) is 0 Å². The number of rotatable bonds is 6. The van der Waals surface area contributed by atoms with Crippen molar-refractivity contribution in [2.45, 2.75) is 18.8 Å². The first kappa shape index (κ1) is 16.5. The minimum atomic E-state index is 0.221. The summed E-state index contributed by atoms with van der Waals surface area (Å²) in [6.07, 6.45) is 2.52. The Labute approximate surface area is 143 Å². The van der Waals surface area contributed by atoms with E-state index in [-0.39, 0.29) is 5.95 Å². The molecule has 0 spiro atoms. The maximum absolute atomic E-state index is 5.68. The van der Waals surface area contributed by atoms with Crippen LogP contribution in [0.25, 0.3) is 0 Å². The average Bonchev–Trinajstić information content (AvgIpc) is 2.62. The molecule has 1 aliphatic rings. The number of aromatic nitrogens is 2. The molecule has 0 bridgehead atoms. The first-order valence-corrected chi connectivity index (χ1v) is 8.44. The van der Waals surface area contributed by atoms with Gasteiger partial charge in [0.2, 0.25) is 11.8 Å². The zero-order valence-corrected chi connectivity index (χ0v) is 14.1. The highest BCUT2D eigenvalue weighted by atomic mass is 16.5. The third-order valence-corrected chi connectivity index (χ3v) is 4.44. The predicted molar refractivity (Wildman–Crippen MR) is 96.3 cm³/mol. The number of likely N-dealkylation sites (tertiary alicyclic amines) is 1. The standard InChI is InChI=1S/C18H25N5O/c1-24-17-12-16(21-18(19)22-17)20-9-11-23-10-5-8-15(13-23)14-6-3-2-4-7-14/h2-4,6-7,12,15H,5,8-11,13H2,1H3,(H3,19,20,21,22). The van der Waals surface area contributed by atoms with Crippen LogP contribution in [-0.4, -0.2) is 48.2 Å². The predicted octanol–water partition coefficient (Wildman–Crippen LogP) is 2.36. The molecule has 2 heterocycles. The van der Waals surface area contributed by atoms with Crippen LogP contribution >= 0.6 is 0 Å². The molecule has 0 aliphatic carbocycles. The third kappa shape index (κ3) is 4.35. The Kier molecular flexibility index (Phi) is 5.48. The van der Waals surface area contributed by atoms with Crippen molar-refractivity contribution >= 4 is 11.8 Å². The van der Waals surface area contributed by atoms with E-state index < -0.39 is 0 Å². The van der Waals surface area contributed by atoms with Crippen LogP contribution in [0.5, 0.6) is 5.88 Å². The second-order valence-corrected chi connectivity index (χ2v) is 6.13. The minimum Gasteiger partial charge on any atom is -0.481 e. The van der Waals surface area contributed by atoms with Gasteiger partial charge in [0.1, 0.15) is 5.82 Å². The van der Waals surface area contributed by atoms with Crippen molar-refractivity contribution in [2.24, 2.45) is 0 Å². The van der Waals surface area contributed by atoms with E-state index >= 15 is 0 Å². The van der Waals surface area contributed by atoms with Crippen molar-refractivity contribution in [3.8, 4) is 5.88 Å². The molecule has 0 radical (unpaired) electrons. The molecule has 2 aromatic rings. The van der Waals surface area contributed by atoms with E-state index in [1.165, 1.54) is 18.4 Å². The van der Waals surface area contributed by atoms with Crippen molar-refractivity contribution in [3.63, 3.8) is 0 Å². The number of methoxy groups -OCH3 is 1. The summed E-state index contributed by atoms with van der Waals surface area (Å²) in [5.41, 5.74) is 7.13. The van der Waals surface area contributed by atoms with E-state index in [0.29, 0.717) is 17.6 Å².